The first-order chi connectivity index (χ1) is 21.8. The number of aliphatic hydroxyl groups is 1. The number of nitrogens with two attached hydrogens (primary N) is 1. The van der Waals surface area contributed by atoms with Crippen LogP contribution in [0.3, 0.4) is 0 Å². The molecule has 2 fully saturated rings. The smallest absolute Gasteiger partial charge is 0.262 e. The van der Waals surface area contributed by atoms with Gasteiger partial charge in [-0.2, -0.15) is 0 Å². The molecule has 0 unspecified atom stereocenters. The number of hydrogen-bond donors (Lipinski definition) is 2. The van der Waals surface area contributed by atoms with Crippen molar-refractivity contribution in [2.75, 3.05) is 5.01 Å². The van der Waals surface area contributed by atoms with E-state index in [-0.39, 0.29) is 17.7 Å². The second kappa shape index (κ2) is 10.1. The highest BCUT2D eigenvalue weighted by molar-refractivity contribution is 6.22. The van der Waals surface area contributed by atoms with Gasteiger partial charge in [0, 0.05) is 35.7 Å². The number of pyridine rings is 1. The molecule has 2 aliphatic heterocycles. The number of amides is 2. The fourth-order valence-electron chi connectivity index (χ4n) is 7.38. The molecular formula is C37H33N5O3. The molecule has 4 aliphatic rings. The number of anilines is 1. The Kier molecular flexibility index (Phi) is 6.17. The van der Waals surface area contributed by atoms with E-state index in [9.17, 15) is 14.7 Å². The van der Waals surface area contributed by atoms with E-state index in [4.69, 9.17) is 10.8 Å². The van der Waals surface area contributed by atoms with Crippen LogP contribution >= 0.6 is 0 Å². The van der Waals surface area contributed by atoms with E-state index in [1.807, 2.05) is 67.6 Å². The summed E-state index contributed by atoms with van der Waals surface area (Å²) in [5.74, 6) is 7.35. The quantitative estimate of drug-likeness (QED) is 0.203. The first-order valence-corrected chi connectivity index (χ1v) is 15.5. The molecule has 8 rings (SSSR count). The van der Waals surface area contributed by atoms with E-state index in [2.05, 4.69) is 11.1 Å². The van der Waals surface area contributed by atoms with Gasteiger partial charge in [-0.25, -0.2) is 20.8 Å². The third kappa shape index (κ3) is 4.20. The number of aromatic nitrogens is 1. The fraction of sp³-hybridized carbons (Fsp3) is 0.243. The van der Waals surface area contributed by atoms with Gasteiger partial charge >= 0.3 is 0 Å². The van der Waals surface area contributed by atoms with Gasteiger partial charge in [0.25, 0.3) is 11.8 Å². The number of carbonyl (C=O) groups is 2. The van der Waals surface area contributed by atoms with Gasteiger partial charge in [0.05, 0.1) is 28.0 Å². The first kappa shape index (κ1) is 27.6. The molecule has 3 aromatic carbocycles. The van der Waals surface area contributed by atoms with Crippen LogP contribution in [0.25, 0.3) is 22.4 Å². The number of aliphatic imine (C=N–C) groups is 1. The summed E-state index contributed by atoms with van der Waals surface area (Å²) in [5.41, 5.74) is 4.23. The molecule has 2 aliphatic carbocycles. The molecule has 2 saturated carbocycles. The van der Waals surface area contributed by atoms with Gasteiger partial charge in [-0.05, 0) is 60.6 Å². The number of allylic oxidation sites excluding steroid dienone is 1. The SMILES string of the molecule is CC/C=C1/N=Cc2cc(-c3ccccc3)c(-c3ccc(C4(N5C(=O)c6ccccc6C5=O)CC(O)(C5CC5)C4)cc3)nc2N1N. The molecule has 0 radical (unpaired) electrons. The lowest BCUT2D eigenvalue weighted by atomic mass is 9.58. The van der Waals surface area contributed by atoms with Crippen LogP contribution in [-0.4, -0.2) is 38.6 Å². The van der Waals surface area contributed by atoms with Crippen molar-refractivity contribution in [3.05, 3.63) is 119 Å². The molecule has 0 saturated heterocycles. The van der Waals surface area contributed by atoms with Crippen LogP contribution in [0.1, 0.15) is 70.9 Å². The van der Waals surface area contributed by atoms with E-state index in [1.54, 1.807) is 30.5 Å². The minimum Gasteiger partial charge on any atom is -0.389 e. The predicted octanol–water partition coefficient (Wildman–Crippen LogP) is 6.21. The summed E-state index contributed by atoms with van der Waals surface area (Å²) in [4.78, 5) is 38.5. The van der Waals surface area contributed by atoms with Crippen molar-refractivity contribution in [3.8, 4) is 22.4 Å². The predicted molar refractivity (Wildman–Crippen MR) is 173 cm³/mol. The number of rotatable bonds is 6. The molecule has 3 heterocycles. The topological polar surface area (TPSA) is 112 Å². The standard InChI is InChI=1S/C37H33N5O3/c1-2-8-31-39-20-25-19-30(23-9-4-3-5-10-23)32(40-33(25)42(31)38)24-13-15-26(16-14-24)36(21-37(45,22-36)27-17-18-27)41-34(43)28-11-6-7-12-29(28)35(41)44/h3-16,19-20,27,45H,2,17-18,21-22,38H2,1H3/b31-8-. The highest BCUT2D eigenvalue weighted by atomic mass is 16.3. The van der Waals surface area contributed by atoms with E-state index in [0.717, 1.165) is 52.8 Å². The number of imide groups is 1. The van der Waals surface area contributed by atoms with Crippen molar-refractivity contribution in [1.29, 1.82) is 0 Å². The van der Waals surface area contributed by atoms with E-state index >= 15 is 0 Å². The average molecular weight is 596 g/mol. The molecule has 8 nitrogen and oxygen atoms in total. The van der Waals surface area contributed by atoms with Crippen LogP contribution in [0, 0.1) is 5.92 Å². The molecule has 8 heteroatoms. The van der Waals surface area contributed by atoms with Crippen molar-refractivity contribution in [1.82, 2.24) is 9.88 Å². The molecule has 224 valence electrons. The van der Waals surface area contributed by atoms with Gasteiger partial charge in [0.2, 0.25) is 0 Å². The Bertz CT molecular complexity index is 1890. The summed E-state index contributed by atoms with van der Waals surface area (Å²) < 4.78 is 0. The summed E-state index contributed by atoms with van der Waals surface area (Å²) in [7, 11) is 0. The molecule has 4 aromatic rings. The van der Waals surface area contributed by atoms with Crippen molar-refractivity contribution in [3.63, 3.8) is 0 Å². The first-order valence-electron chi connectivity index (χ1n) is 15.5. The molecule has 0 atom stereocenters. The second-order valence-corrected chi connectivity index (χ2v) is 12.6. The molecule has 1 aromatic heterocycles. The maximum absolute atomic E-state index is 13.7. The van der Waals surface area contributed by atoms with Crippen LogP contribution in [-0.2, 0) is 5.54 Å². The van der Waals surface area contributed by atoms with Crippen LogP contribution < -0.4 is 10.9 Å². The van der Waals surface area contributed by atoms with Crippen LogP contribution in [0.2, 0.25) is 0 Å². The molecule has 0 bridgehead atoms. The van der Waals surface area contributed by atoms with Crippen LogP contribution in [0.4, 0.5) is 5.82 Å². The lowest BCUT2D eigenvalue weighted by Crippen LogP contribution is -2.65. The molecule has 2 amide bonds. The van der Waals surface area contributed by atoms with Crippen LogP contribution in [0.5, 0.6) is 0 Å². The van der Waals surface area contributed by atoms with Gasteiger partial charge in [0.15, 0.2) is 5.82 Å². The Balaban J connectivity index is 1.23. The Hall–Kier alpha value is -4.92. The van der Waals surface area contributed by atoms with Gasteiger partial charge in [-0.1, -0.05) is 73.7 Å². The molecular weight excluding hydrogens is 562 g/mol. The van der Waals surface area contributed by atoms with Gasteiger partial charge in [-0.15, -0.1) is 0 Å². The zero-order valence-corrected chi connectivity index (χ0v) is 25.0. The Labute approximate surface area is 261 Å². The van der Waals surface area contributed by atoms with E-state index in [0.29, 0.717) is 35.6 Å². The third-order valence-electron chi connectivity index (χ3n) is 9.77. The maximum atomic E-state index is 13.7. The van der Waals surface area contributed by atoms with Gasteiger partial charge in [-0.3, -0.25) is 14.5 Å². The Morgan fingerprint density at radius 3 is 2.16 bits per heavy atom. The lowest BCUT2D eigenvalue weighted by molar-refractivity contribution is -0.143. The summed E-state index contributed by atoms with van der Waals surface area (Å²) in [5, 5.41) is 13.0. The molecule has 3 N–H and O–H groups in total. The second-order valence-electron chi connectivity index (χ2n) is 12.6. The number of hydrogen-bond acceptors (Lipinski definition) is 7. The number of fused-ring (bicyclic) bond motifs is 2. The lowest BCUT2D eigenvalue weighted by Gasteiger charge is -2.57. The minimum absolute atomic E-state index is 0.211. The average Bonchev–Trinajstić information content (AvgIpc) is 3.88. The largest absolute Gasteiger partial charge is 0.389 e. The number of hydrazine groups is 1. The van der Waals surface area contributed by atoms with Gasteiger partial charge in [0.1, 0.15) is 5.82 Å². The van der Waals surface area contributed by atoms with Gasteiger partial charge < -0.3 is 5.11 Å². The number of nitrogens with zero attached hydrogens (tertiary/aromatic N) is 4. The van der Waals surface area contributed by atoms with Crippen LogP contribution in [0.15, 0.2) is 102 Å². The normalized spacial score (nSPS) is 24.6. The van der Waals surface area contributed by atoms with E-state index in [1.165, 1.54) is 9.91 Å². The van der Waals surface area contributed by atoms with Crippen molar-refractivity contribution < 1.29 is 14.7 Å². The molecule has 0 spiro atoms. The highest BCUT2D eigenvalue weighted by Gasteiger charge is 2.66. The number of carbonyl (C=O) groups excluding carboxylic acids is 2. The molecule has 45 heavy (non-hydrogen) atoms. The van der Waals surface area contributed by atoms with E-state index < -0.39 is 11.1 Å². The third-order valence-corrected chi connectivity index (χ3v) is 9.77. The van der Waals surface area contributed by atoms with Crippen molar-refractivity contribution >= 4 is 23.8 Å². The highest BCUT2D eigenvalue weighted by Crippen LogP contribution is 2.61. The summed E-state index contributed by atoms with van der Waals surface area (Å²) >= 11 is 0. The summed E-state index contributed by atoms with van der Waals surface area (Å²) in [6.45, 7) is 2.03. The monoisotopic (exact) mass is 595 g/mol. The Morgan fingerprint density at radius 2 is 1.53 bits per heavy atom. The zero-order valence-electron chi connectivity index (χ0n) is 25.0. The van der Waals surface area contributed by atoms with Crippen molar-refractivity contribution in [2.24, 2.45) is 16.8 Å². The summed E-state index contributed by atoms with van der Waals surface area (Å²) in [6, 6.07) is 27.0. The Morgan fingerprint density at radius 1 is 0.889 bits per heavy atom. The maximum Gasteiger partial charge on any atom is 0.262 e. The fourth-order valence-corrected chi connectivity index (χ4v) is 7.38. The summed E-state index contributed by atoms with van der Waals surface area (Å²) in [6.07, 6.45) is 7.15. The number of benzene rings is 3. The minimum atomic E-state index is -0.932. The van der Waals surface area contributed by atoms with Crippen molar-refractivity contribution in [2.45, 2.75) is 50.2 Å². The zero-order chi connectivity index (χ0) is 30.9.